The zero-order valence-corrected chi connectivity index (χ0v) is 14.4. The van der Waals surface area contributed by atoms with E-state index in [2.05, 4.69) is 5.32 Å². The van der Waals surface area contributed by atoms with Crippen LogP contribution in [0.5, 0.6) is 0 Å². The molecule has 0 fully saturated rings. The van der Waals surface area contributed by atoms with E-state index in [4.69, 9.17) is 16.7 Å². The molecule has 1 aromatic carbocycles. The second kappa shape index (κ2) is 5.94. The zero-order valence-electron chi connectivity index (χ0n) is 12.8. The molecule has 21 heavy (non-hydrogen) atoms. The van der Waals surface area contributed by atoms with Gasteiger partial charge in [-0.25, -0.2) is 13.6 Å². The maximum Gasteiger partial charge on any atom is 0.251 e. The minimum Gasteiger partial charge on any atom is -0.349 e. The van der Waals surface area contributed by atoms with Crippen molar-refractivity contribution < 1.29 is 13.2 Å². The number of halogens is 1. The Kier molecular flexibility index (Phi) is 5.08. The van der Waals surface area contributed by atoms with Crippen LogP contribution in [0.15, 0.2) is 17.0 Å². The number of hydrogen-bond acceptors (Lipinski definition) is 3. The predicted molar refractivity (Wildman–Crippen MR) is 83.9 cm³/mol. The molecule has 0 saturated carbocycles. The van der Waals surface area contributed by atoms with Crippen molar-refractivity contribution in [1.29, 1.82) is 0 Å². The van der Waals surface area contributed by atoms with Crippen molar-refractivity contribution in [2.45, 2.75) is 45.6 Å². The molecule has 118 valence electrons. The summed E-state index contributed by atoms with van der Waals surface area (Å²) in [7, 11) is -3.93. The van der Waals surface area contributed by atoms with Gasteiger partial charge in [0.2, 0.25) is 10.0 Å². The Balaban J connectivity index is 3.21. The predicted octanol–water partition coefficient (Wildman–Crippen LogP) is 2.46. The second-order valence-electron chi connectivity index (χ2n) is 6.19. The molecule has 0 aliphatic rings. The largest absolute Gasteiger partial charge is 0.349 e. The first-order valence-electron chi connectivity index (χ1n) is 6.48. The van der Waals surface area contributed by atoms with Gasteiger partial charge in [0.15, 0.2) is 0 Å². The van der Waals surface area contributed by atoms with E-state index in [9.17, 15) is 13.2 Å². The molecule has 0 aliphatic heterocycles. The van der Waals surface area contributed by atoms with Gasteiger partial charge in [-0.15, -0.1) is 0 Å². The number of amides is 1. The lowest BCUT2D eigenvalue weighted by molar-refractivity contribution is 0.0910. The van der Waals surface area contributed by atoms with Gasteiger partial charge < -0.3 is 5.32 Å². The second-order valence-corrected chi connectivity index (χ2v) is 8.12. The van der Waals surface area contributed by atoms with E-state index in [0.29, 0.717) is 5.56 Å². The number of hydrogen-bond donors (Lipinski definition) is 2. The Morgan fingerprint density at radius 3 is 2.29 bits per heavy atom. The molecule has 1 aromatic rings. The molecule has 7 heteroatoms. The lowest BCUT2D eigenvalue weighted by Gasteiger charge is -2.28. The molecule has 1 unspecified atom stereocenters. The molecule has 3 N–H and O–H groups in total. The van der Waals surface area contributed by atoms with Gasteiger partial charge in [-0.2, -0.15) is 0 Å². The van der Waals surface area contributed by atoms with E-state index >= 15 is 0 Å². The third-order valence-electron chi connectivity index (χ3n) is 3.51. The molecule has 0 aromatic heterocycles. The SMILES string of the molecule is Cc1c(Cl)cc(C(=O)NC(C)C(C)(C)C)cc1S(N)(=O)=O. The van der Waals surface area contributed by atoms with E-state index in [0.717, 1.165) is 0 Å². The number of sulfonamides is 1. The Bertz CT molecular complexity index is 664. The molecule has 0 heterocycles. The normalized spacial score (nSPS) is 13.9. The first-order valence-corrected chi connectivity index (χ1v) is 8.40. The third-order valence-corrected chi connectivity index (χ3v) is 4.94. The van der Waals surface area contributed by atoms with Gasteiger partial charge in [-0.05, 0) is 37.0 Å². The summed E-state index contributed by atoms with van der Waals surface area (Å²) in [5, 5.41) is 8.17. The minimum absolute atomic E-state index is 0.0944. The number of rotatable bonds is 3. The summed E-state index contributed by atoms with van der Waals surface area (Å²) < 4.78 is 23.1. The highest BCUT2D eigenvalue weighted by Gasteiger charge is 2.24. The molecule has 0 bridgehead atoms. The summed E-state index contributed by atoms with van der Waals surface area (Å²) in [5.41, 5.74) is 0.387. The van der Waals surface area contributed by atoms with E-state index in [1.165, 1.54) is 12.1 Å². The van der Waals surface area contributed by atoms with E-state index in [-0.39, 0.29) is 32.8 Å². The van der Waals surface area contributed by atoms with Crippen molar-refractivity contribution in [2.24, 2.45) is 10.6 Å². The van der Waals surface area contributed by atoms with Crippen LogP contribution in [-0.4, -0.2) is 20.4 Å². The molecular weight excluding hydrogens is 312 g/mol. The van der Waals surface area contributed by atoms with E-state index in [1.807, 2.05) is 27.7 Å². The topological polar surface area (TPSA) is 89.3 Å². The highest BCUT2D eigenvalue weighted by molar-refractivity contribution is 7.89. The molecule has 5 nitrogen and oxygen atoms in total. The fourth-order valence-electron chi connectivity index (χ4n) is 1.58. The summed E-state index contributed by atoms with van der Waals surface area (Å²) in [6.07, 6.45) is 0. The van der Waals surface area contributed by atoms with Crippen molar-refractivity contribution in [1.82, 2.24) is 5.32 Å². The van der Waals surface area contributed by atoms with E-state index in [1.54, 1.807) is 6.92 Å². The number of carbonyl (C=O) groups is 1. The molecule has 0 spiro atoms. The number of carbonyl (C=O) groups excluding carboxylic acids is 1. The van der Waals surface area contributed by atoms with Crippen molar-refractivity contribution in [3.63, 3.8) is 0 Å². The fraction of sp³-hybridized carbons (Fsp3) is 0.500. The zero-order chi connectivity index (χ0) is 16.6. The Morgan fingerprint density at radius 1 is 1.33 bits per heavy atom. The van der Waals surface area contributed by atoms with Gasteiger partial charge in [0.25, 0.3) is 5.91 Å². The van der Waals surface area contributed by atoms with Crippen LogP contribution in [0.4, 0.5) is 0 Å². The Labute approximate surface area is 130 Å². The van der Waals surface area contributed by atoms with Crippen molar-refractivity contribution in [3.8, 4) is 0 Å². The van der Waals surface area contributed by atoms with Crippen LogP contribution in [0.3, 0.4) is 0 Å². The van der Waals surface area contributed by atoms with Gasteiger partial charge in [-0.3, -0.25) is 4.79 Å². The third kappa shape index (κ3) is 4.43. The lowest BCUT2D eigenvalue weighted by Crippen LogP contribution is -2.41. The molecule has 0 radical (unpaired) electrons. The maximum atomic E-state index is 12.2. The highest BCUT2D eigenvalue weighted by atomic mass is 35.5. The van der Waals surface area contributed by atoms with Crippen LogP contribution in [0.1, 0.15) is 43.6 Å². The molecular formula is C14H21ClN2O3S. The molecule has 0 aliphatic carbocycles. The summed E-state index contributed by atoms with van der Waals surface area (Å²) in [5.74, 6) is -0.385. The fourth-order valence-corrected chi connectivity index (χ4v) is 2.68. The van der Waals surface area contributed by atoms with Crippen LogP contribution in [-0.2, 0) is 10.0 Å². The average Bonchev–Trinajstić information content (AvgIpc) is 2.29. The molecule has 1 rings (SSSR count). The molecule has 1 amide bonds. The summed E-state index contributed by atoms with van der Waals surface area (Å²) >= 11 is 6.00. The summed E-state index contributed by atoms with van der Waals surface area (Å²) in [4.78, 5) is 12.1. The monoisotopic (exact) mass is 332 g/mol. The summed E-state index contributed by atoms with van der Waals surface area (Å²) in [6.45, 7) is 9.41. The van der Waals surface area contributed by atoms with Crippen LogP contribution in [0.25, 0.3) is 0 Å². The lowest BCUT2D eigenvalue weighted by atomic mass is 9.88. The van der Waals surface area contributed by atoms with E-state index < -0.39 is 10.0 Å². The van der Waals surface area contributed by atoms with Gasteiger partial charge >= 0.3 is 0 Å². The number of benzene rings is 1. The van der Waals surface area contributed by atoms with Crippen molar-refractivity contribution >= 4 is 27.5 Å². The first kappa shape index (κ1) is 17.9. The quantitative estimate of drug-likeness (QED) is 0.891. The molecule has 0 saturated heterocycles. The number of nitrogens with one attached hydrogen (secondary N) is 1. The van der Waals surface area contributed by atoms with Crippen molar-refractivity contribution in [3.05, 3.63) is 28.3 Å². The first-order chi connectivity index (χ1) is 9.34. The van der Waals surface area contributed by atoms with Gasteiger partial charge in [0.1, 0.15) is 0 Å². The van der Waals surface area contributed by atoms with Crippen molar-refractivity contribution in [2.75, 3.05) is 0 Å². The van der Waals surface area contributed by atoms with Gasteiger partial charge in [0, 0.05) is 16.6 Å². The van der Waals surface area contributed by atoms with Crippen LogP contribution < -0.4 is 10.5 Å². The highest BCUT2D eigenvalue weighted by Crippen LogP contribution is 2.25. The van der Waals surface area contributed by atoms with Gasteiger partial charge in [-0.1, -0.05) is 32.4 Å². The summed E-state index contributed by atoms with van der Waals surface area (Å²) in [6, 6.07) is 2.60. The van der Waals surface area contributed by atoms with Crippen LogP contribution >= 0.6 is 11.6 Å². The Hall–Kier alpha value is -1.11. The minimum atomic E-state index is -3.93. The smallest absolute Gasteiger partial charge is 0.251 e. The van der Waals surface area contributed by atoms with Crippen LogP contribution in [0.2, 0.25) is 5.02 Å². The standard InChI is InChI=1S/C14H21ClN2O3S/c1-8-11(15)6-10(7-12(8)21(16,19)20)13(18)17-9(2)14(3,4)5/h6-7,9H,1-5H3,(H,17,18)(H2,16,19,20). The Morgan fingerprint density at radius 2 is 1.86 bits per heavy atom. The number of nitrogens with two attached hydrogens (primary N) is 1. The number of primary sulfonamides is 1. The van der Waals surface area contributed by atoms with Crippen LogP contribution in [0, 0.1) is 12.3 Å². The average molecular weight is 333 g/mol. The van der Waals surface area contributed by atoms with Gasteiger partial charge in [0.05, 0.1) is 4.90 Å². The maximum absolute atomic E-state index is 12.2. The molecule has 1 atom stereocenters.